The molecule has 2 aromatic rings. The van der Waals surface area contributed by atoms with Crippen molar-refractivity contribution < 1.29 is 16.8 Å². The molecule has 1 aromatic heterocycles. The van der Waals surface area contributed by atoms with Crippen LogP contribution in [0.15, 0.2) is 45.5 Å². The standard InChI is InChI=1S/C14H17NO4S3/c1-15(10-11-5-4-8-20-11)13-7-6-12(21(2,16)17)9-14(13)22(3,18)19/h4-9H,10H2,1-3H3. The maximum atomic E-state index is 12.0. The Balaban J connectivity index is 2.51. The van der Waals surface area contributed by atoms with Gasteiger partial charge in [0.2, 0.25) is 0 Å². The maximum Gasteiger partial charge on any atom is 0.177 e. The number of hydrogen-bond acceptors (Lipinski definition) is 6. The maximum absolute atomic E-state index is 12.0. The van der Waals surface area contributed by atoms with Crippen LogP contribution in [0.5, 0.6) is 0 Å². The third-order valence-corrected chi connectivity index (χ3v) is 6.24. The molecule has 0 saturated carbocycles. The van der Waals surface area contributed by atoms with Crippen molar-refractivity contribution in [2.45, 2.75) is 16.3 Å². The number of hydrogen-bond donors (Lipinski definition) is 0. The summed E-state index contributed by atoms with van der Waals surface area (Å²) in [5.74, 6) is 0. The van der Waals surface area contributed by atoms with Crippen molar-refractivity contribution in [2.75, 3.05) is 24.5 Å². The van der Waals surface area contributed by atoms with Crippen LogP contribution in [-0.2, 0) is 26.2 Å². The Morgan fingerprint density at radius 1 is 1.05 bits per heavy atom. The Bertz CT molecular complexity index is 869. The van der Waals surface area contributed by atoms with Crippen LogP contribution < -0.4 is 4.90 Å². The van der Waals surface area contributed by atoms with E-state index in [4.69, 9.17) is 0 Å². The van der Waals surface area contributed by atoms with E-state index in [2.05, 4.69) is 0 Å². The number of nitrogens with zero attached hydrogens (tertiary/aromatic N) is 1. The second-order valence-electron chi connectivity index (χ2n) is 5.11. The molecule has 0 N–H and O–H groups in total. The monoisotopic (exact) mass is 359 g/mol. The molecule has 1 heterocycles. The number of sulfone groups is 2. The molecular weight excluding hydrogens is 342 g/mol. The molecule has 0 aliphatic rings. The summed E-state index contributed by atoms with van der Waals surface area (Å²) in [5.41, 5.74) is 0.489. The van der Waals surface area contributed by atoms with Gasteiger partial charge in [0, 0.05) is 24.4 Å². The van der Waals surface area contributed by atoms with Gasteiger partial charge in [0.25, 0.3) is 0 Å². The van der Waals surface area contributed by atoms with Gasteiger partial charge in [-0.2, -0.15) is 0 Å². The lowest BCUT2D eigenvalue weighted by molar-refractivity contribution is 0.600. The molecule has 1 aromatic carbocycles. The quantitative estimate of drug-likeness (QED) is 0.818. The third kappa shape index (κ3) is 3.88. The second-order valence-corrected chi connectivity index (χ2v) is 10.1. The molecule has 0 radical (unpaired) electrons. The van der Waals surface area contributed by atoms with Crippen LogP contribution >= 0.6 is 11.3 Å². The first-order valence-corrected chi connectivity index (χ1v) is 11.0. The van der Waals surface area contributed by atoms with E-state index in [1.807, 2.05) is 17.5 Å². The summed E-state index contributed by atoms with van der Waals surface area (Å²) in [6.07, 6.45) is 2.14. The predicted molar refractivity (Wildman–Crippen MR) is 89.1 cm³/mol. The van der Waals surface area contributed by atoms with E-state index in [1.165, 1.54) is 12.1 Å². The summed E-state index contributed by atoms with van der Waals surface area (Å²) in [6.45, 7) is 0.554. The van der Waals surface area contributed by atoms with Gasteiger partial charge in [0.1, 0.15) is 0 Å². The van der Waals surface area contributed by atoms with Crippen molar-refractivity contribution in [1.82, 2.24) is 0 Å². The molecule has 0 bridgehead atoms. The first-order valence-electron chi connectivity index (χ1n) is 6.37. The first kappa shape index (κ1) is 17.0. The van der Waals surface area contributed by atoms with Crippen LogP contribution in [0.1, 0.15) is 4.88 Å². The van der Waals surface area contributed by atoms with Crippen LogP contribution in [0.4, 0.5) is 5.69 Å². The van der Waals surface area contributed by atoms with E-state index in [-0.39, 0.29) is 9.79 Å². The Hall–Kier alpha value is -1.38. The normalized spacial score (nSPS) is 12.3. The fraction of sp³-hybridized carbons (Fsp3) is 0.286. The summed E-state index contributed by atoms with van der Waals surface area (Å²) in [7, 11) is -5.22. The number of benzene rings is 1. The summed E-state index contributed by atoms with van der Waals surface area (Å²) in [6, 6.07) is 8.10. The van der Waals surface area contributed by atoms with Crippen molar-refractivity contribution in [3.05, 3.63) is 40.6 Å². The number of thiophene rings is 1. The molecular formula is C14H17NO4S3. The minimum absolute atomic E-state index is 0.00111. The molecule has 0 atom stereocenters. The van der Waals surface area contributed by atoms with E-state index >= 15 is 0 Å². The molecule has 0 fully saturated rings. The van der Waals surface area contributed by atoms with E-state index in [0.29, 0.717) is 12.2 Å². The van der Waals surface area contributed by atoms with Crippen LogP contribution in [0.2, 0.25) is 0 Å². The van der Waals surface area contributed by atoms with Crippen molar-refractivity contribution >= 4 is 36.7 Å². The molecule has 0 amide bonds. The molecule has 22 heavy (non-hydrogen) atoms. The van der Waals surface area contributed by atoms with Gasteiger partial charge in [-0.15, -0.1) is 11.3 Å². The van der Waals surface area contributed by atoms with E-state index < -0.39 is 19.7 Å². The molecule has 0 aliphatic heterocycles. The smallest absolute Gasteiger partial charge is 0.177 e. The van der Waals surface area contributed by atoms with Crippen molar-refractivity contribution in [3.63, 3.8) is 0 Å². The summed E-state index contributed by atoms with van der Waals surface area (Å²) in [5, 5.41) is 1.95. The van der Waals surface area contributed by atoms with E-state index in [9.17, 15) is 16.8 Å². The second kappa shape index (κ2) is 6.02. The van der Waals surface area contributed by atoms with Gasteiger partial charge in [0.15, 0.2) is 19.7 Å². The Morgan fingerprint density at radius 3 is 2.23 bits per heavy atom. The van der Waals surface area contributed by atoms with Crippen LogP contribution in [0.25, 0.3) is 0 Å². The predicted octanol–water partition coefficient (Wildman–Crippen LogP) is 2.19. The summed E-state index contributed by atoms with van der Waals surface area (Å²) >= 11 is 1.58. The Kier molecular flexibility index (Phi) is 4.65. The lowest BCUT2D eigenvalue weighted by Gasteiger charge is -2.21. The lowest BCUT2D eigenvalue weighted by Crippen LogP contribution is -2.19. The average molecular weight is 359 g/mol. The molecule has 5 nitrogen and oxygen atoms in total. The van der Waals surface area contributed by atoms with Gasteiger partial charge in [-0.3, -0.25) is 0 Å². The zero-order valence-electron chi connectivity index (χ0n) is 12.5. The zero-order chi connectivity index (χ0) is 16.5. The first-order chi connectivity index (χ1) is 10.1. The van der Waals surface area contributed by atoms with Crippen molar-refractivity contribution in [1.29, 1.82) is 0 Å². The van der Waals surface area contributed by atoms with Crippen molar-refractivity contribution in [3.8, 4) is 0 Å². The fourth-order valence-electron chi connectivity index (χ4n) is 2.06. The third-order valence-electron chi connectivity index (χ3n) is 3.14. The topological polar surface area (TPSA) is 71.5 Å². The van der Waals surface area contributed by atoms with Crippen LogP contribution in [-0.4, -0.2) is 36.4 Å². The largest absolute Gasteiger partial charge is 0.368 e. The summed E-state index contributed by atoms with van der Waals surface area (Å²) in [4.78, 5) is 2.92. The highest BCUT2D eigenvalue weighted by molar-refractivity contribution is 7.91. The fourth-order valence-corrected chi connectivity index (χ4v) is 4.48. The minimum Gasteiger partial charge on any atom is -0.368 e. The zero-order valence-corrected chi connectivity index (χ0v) is 14.9. The molecule has 0 aliphatic carbocycles. The summed E-state index contributed by atoms with van der Waals surface area (Å²) < 4.78 is 47.3. The average Bonchev–Trinajstić information content (AvgIpc) is 2.88. The molecule has 2 rings (SSSR count). The molecule has 0 spiro atoms. The highest BCUT2D eigenvalue weighted by atomic mass is 32.2. The van der Waals surface area contributed by atoms with Crippen molar-refractivity contribution in [2.24, 2.45) is 0 Å². The van der Waals surface area contributed by atoms with E-state index in [1.54, 1.807) is 29.4 Å². The Labute approximate surface area is 135 Å². The van der Waals surface area contributed by atoms with Gasteiger partial charge in [0.05, 0.1) is 22.0 Å². The molecule has 8 heteroatoms. The van der Waals surface area contributed by atoms with Gasteiger partial charge in [-0.05, 0) is 29.6 Å². The molecule has 0 unspecified atom stereocenters. The highest BCUT2D eigenvalue weighted by Gasteiger charge is 2.20. The van der Waals surface area contributed by atoms with Gasteiger partial charge in [-0.1, -0.05) is 6.07 Å². The van der Waals surface area contributed by atoms with E-state index in [0.717, 1.165) is 17.4 Å². The van der Waals surface area contributed by atoms with Crippen LogP contribution in [0, 0.1) is 0 Å². The minimum atomic E-state index is -3.54. The molecule has 0 saturated heterocycles. The van der Waals surface area contributed by atoms with Gasteiger partial charge in [-0.25, -0.2) is 16.8 Å². The molecule has 120 valence electrons. The highest BCUT2D eigenvalue weighted by Crippen LogP contribution is 2.29. The Morgan fingerprint density at radius 2 is 1.73 bits per heavy atom. The number of anilines is 1. The van der Waals surface area contributed by atoms with Gasteiger partial charge >= 0.3 is 0 Å². The SMILES string of the molecule is CN(Cc1cccs1)c1ccc(S(C)(=O)=O)cc1S(C)(=O)=O. The number of rotatable bonds is 5. The van der Waals surface area contributed by atoms with Gasteiger partial charge < -0.3 is 4.90 Å². The lowest BCUT2D eigenvalue weighted by atomic mass is 10.3. The van der Waals surface area contributed by atoms with Crippen LogP contribution in [0.3, 0.4) is 0 Å².